The Balaban J connectivity index is 3.27. The second-order valence-electron chi connectivity index (χ2n) is 4.02. The summed E-state index contributed by atoms with van der Waals surface area (Å²) in [6.45, 7) is 0.654. The number of nitrogens with one attached hydrogen (secondary N) is 1. The quantitative estimate of drug-likeness (QED) is 0.579. The van der Waals surface area contributed by atoms with Crippen LogP contribution in [0.15, 0.2) is 23.1 Å². The predicted octanol–water partition coefficient (Wildman–Crippen LogP) is 0.443. The van der Waals surface area contributed by atoms with Crippen LogP contribution in [0.4, 0.5) is 5.69 Å². The summed E-state index contributed by atoms with van der Waals surface area (Å²) in [5.74, 6) is 0.230. The number of methoxy groups -OCH3 is 1. The van der Waals surface area contributed by atoms with Gasteiger partial charge < -0.3 is 10.1 Å². The molecule has 0 saturated heterocycles. The van der Waals surface area contributed by atoms with E-state index in [1.165, 1.54) is 26.3 Å². The molecule has 0 unspecified atom stereocenters. The van der Waals surface area contributed by atoms with Gasteiger partial charge in [0, 0.05) is 20.1 Å². The van der Waals surface area contributed by atoms with Crippen LogP contribution in [0, 0.1) is 10.1 Å². The molecular formula is C11H17N3O5S. The first kappa shape index (κ1) is 16.3. The van der Waals surface area contributed by atoms with Crippen LogP contribution in [0.25, 0.3) is 0 Å². The van der Waals surface area contributed by atoms with Crippen LogP contribution in [-0.2, 0) is 10.0 Å². The van der Waals surface area contributed by atoms with E-state index >= 15 is 0 Å². The van der Waals surface area contributed by atoms with Gasteiger partial charge >= 0.3 is 0 Å². The zero-order chi connectivity index (χ0) is 15.3. The normalized spacial score (nSPS) is 11.6. The van der Waals surface area contributed by atoms with E-state index in [-0.39, 0.29) is 17.2 Å². The summed E-state index contributed by atoms with van der Waals surface area (Å²) in [5, 5.41) is 13.8. The van der Waals surface area contributed by atoms with Crippen molar-refractivity contribution in [2.75, 3.05) is 34.3 Å². The number of nitro groups is 1. The van der Waals surface area contributed by atoms with E-state index in [2.05, 4.69) is 5.32 Å². The first-order valence-electron chi connectivity index (χ1n) is 5.78. The molecule has 1 rings (SSSR count). The molecule has 0 radical (unpaired) electrons. The molecule has 0 atom stereocenters. The SMILES string of the molecule is CNCCN(C)S(=O)(=O)c1ccc(OC)cc1[N+](=O)[O-]. The highest BCUT2D eigenvalue weighted by molar-refractivity contribution is 7.89. The summed E-state index contributed by atoms with van der Waals surface area (Å²) >= 11 is 0. The van der Waals surface area contributed by atoms with Crippen LogP contribution in [0.5, 0.6) is 5.75 Å². The maximum absolute atomic E-state index is 12.3. The molecular weight excluding hydrogens is 286 g/mol. The summed E-state index contributed by atoms with van der Waals surface area (Å²) in [6, 6.07) is 3.66. The minimum absolute atomic E-state index is 0.210. The molecule has 8 nitrogen and oxygen atoms in total. The van der Waals surface area contributed by atoms with Crippen LogP contribution in [0.1, 0.15) is 0 Å². The standard InChI is InChI=1S/C11H17N3O5S/c1-12-6-7-13(2)20(17,18)11-5-4-9(19-3)8-10(11)14(15)16/h4-5,8,12H,6-7H2,1-3H3. The van der Waals surface area contributed by atoms with Crippen LogP contribution in [0.2, 0.25) is 0 Å². The topological polar surface area (TPSA) is 102 Å². The number of nitro benzene ring substituents is 1. The monoisotopic (exact) mass is 303 g/mol. The van der Waals surface area contributed by atoms with E-state index in [1.807, 2.05) is 0 Å². The Morgan fingerprint density at radius 2 is 2.10 bits per heavy atom. The van der Waals surface area contributed by atoms with Crippen molar-refractivity contribution in [3.63, 3.8) is 0 Å². The van der Waals surface area contributed by atoms with Gasteiger partial charge in [0.2, 0.25) is 10.0 Å². The molecule has 20 heavy (non-hydrogen) atoms. The smallest absolute Gasteiger partial charge is 0.293 e. The van der Waals surface area contributed by atoms with Crippen molar-refractivity contribution in [1.29, 1.82) is 0 Å². The van der Waals surface area contributed by atoms with Crippen LogP contribution >= 0.6 is 0 Å². The molecule has 0 spiro atoms. The Labute approximate surface area is 117 Å². The van der Waals surface area contributed by atoms with Gasteiger partial charge in [-0.2, -0.15) is 4.31 Å². The molecule has 1 aromatic rings. The van der Waals surface area contributed by atoms with Crippen LogP contribution in [-0.4, -0.2) is 51.9 Å². The number of ether oxygens (including phenoxy) is 1. The van der Waals surface area contributed by atoms with Crippen molar-refractivity contribution in [3.05, 3.63) is 28.3 Å². The summed E-state index contributed by atoms with van der Waals surface area (Å²) in [4.78, 5) is 9.95. The third kappa shape index (κ3) is 3.44. The predicted molar refractivity (Wildman–Crippen MR) is 73.4 cm³/mol. The molecule has 0 fully saturated rings. The lowest BCUT2D eigenvalue weighted by Gasteiger charge is -2.17. The first-order valence-corrected chi connectivity index (χ1v) is 7.22. The maximum Gasteiger partial charge on any atom is 0.293 e. The average molecular weight is 303 g/mol. The lowest BCUT2D eigenvalue weighted by atomic mass is 10.3. The first-order chi connectivity index (χ1) is 9.34. The lowest BCUT2D eigenvalue weighted by molar-refractivity contribution is -0.387. The van der Waals surface area contributed by atoms with Crippen molar-refractivity contribution in [2.45, 2.75) is 4.90 Å². The largest absolute Gasteiger partial charge is 0.497 e. The fraction of sp³-hybridized carbons (Fsp3) is 0.455. The summed E-state index contributed by atoms with van der Waals surface area (Å²) in [7, 11) is 0.504. The Kier molecular flexibility index (Phi) is 5.43. The minimum Gasteiger partial charge on any atom is -0.497 e. The fourth-order valence-electron chi connectivity index (χ4n) is 1.54. The molecule has 1 N–H and O–H groups in total. The zero-order valence-electron chi connectivity index (χ0n) is 11.5. The molecule has 1 aromatic carbocycles. The van der Waals surface area contributed by atoms with E-state index in [9.17, 15) is 18.5 Å². The van der Waals surface area contributed by atoms with E-state index < -0.39 is 20.6 Å². The average Bonchev–Trinajstić information content (AvgIpc) is 2.43. The molecule has 0 heterocycles. The van der Waals surface area contributed by atoms with Gasteiger partial charge in [0.15, 0.2) is 4.90 Å². The zero-order valence-corrected chi connectivity index (χ0v) is 12.3. The number of nitrogens with zero attached hydrogens (tertiary/aromatic N) is 2. The molecule has 0 aliphatic heterocycles. The van der Waals surface area contributed by atoms with Gasteiger partial charge in [-0.15, -0.1) is 0 Å². The number of hydrogen-bond acceptors (Lipinski definition) is 6. The number of likely N-dealkylation sites (N-methyl/N-ethyl adjacent to an activating group) is 2. The van der Waals surface area contributed by atoms with Crippen LogP contribution < -0.4 is 10.1 Å². The number of rotatable bonds is 7. The van der Waals surface area contributed by atoms with Gasteiger partial charge in [0.1, 0.15) is 5.75 Å². The Morgan fingerprint density at radius 3 is 2.60 bits per heavy atom. The molecule has 0 aliphatic rings. The highest BCUT2D eigenvalue weighted by Gasteiger charge is 2.29. The molecule has 0 amide bonds. The van der Waals surface area contributed by atoms with Crippen LogP contribution in [0.3, 0.4) is 0 Å². The minimum atomic E-state index is -3.92. The van der Waals surface area contributed by atoms with Gasteiger partial charge in [-0.25, -0.2) is 8.42 Å². The van der Waals surface area contributed by atoms with Gasteiger partial charge in [0.25, 0.3) is 5.69 Å². The van der Waals surface area contributed by atoms with Gasteiger partial charge in [0.05, 0.1) is 18.1 Å². The van der Waals surface area contributed by atoms with Crippen molar-refractivity contribution in [1.82, 2.24) is 9.62 Å². The molecule has 0 bridgehead atoms. The highest BCUT2D eigenvalue weighted by Crippen LogP contribution is 2.29. The number of hydrogen-bond donors (Lipinski definition) is 1. The van der Waals surface area contributed by atoms with Crippen molar-refractivity contribution in [3.8, 4) is 5.75 Å². The maximum atomic E-state index is 12.3. The second-order valence-corrected chi connectivity index (χ2v) is 6.03. The molecule has 0 saturated carbocycles. The molecule has 112 valence electrons. The summed E-state index contributed by atoms with van der Waals surface area (Å²) < 4.78 is 30.6. The Morgan fingerprint density at radius 1 is 1.45 bits per heavy atom. The third-order valence-corrected chi connectivity index (χ3v) is 4.63. The van der Waals surface area contributed by atoms with Crippen molar-refractivity contribution >= 4 is 15.7 Å². The Bertz CT molecular complexity index is 588. The second kappa shape index (κ2) is 6.64. The number of sulfonamides is 1. The Hall–Kier alpha value is -1.71. The lowest BCUT2D eigenvalue weighted by Crippen LogP contribution is -2.33. The molecule has 9 heteroatoms. The molecule has 0 aromatic heterocycles. The summed E-state index contributed by atoms with van der Waals surface area (Å²) in [5.41, 5.74) is -0.499. The summed E-state index contributed by atoms with van der Waals surface area (Å²) in [6.07, 6.45) is 0. The van der Waals surface area contributed by atoms with Gasteiger partial charge in [-0.1, -0.05) is 0 Å². The van der Waals surface area contributed by atoms with E-state index in [0.29, 0.717) is 6.54 Å². The van der Waals surface area contributed by atoms with E-state index in [4.69, 9.17) is 4.74 Å². The number of benzene rings is 1. The molecule has 0 aliphatic carbocycles. The van der Waals surface area contributed by atoms with Crippen molar-refractivity contribution < 1.29 is 18.1 Å². The third-order valence-electron chi connectivity index (χ3n) is 2.73. The fourth-order valence-corrected chi connectivity index (χ4v) is 2.85. The van der Waals surface area contributed by atoms with E-state index in [1.54, 1.807) is 7.05 Å². The van der Waals surface area contributed by atoms with E-state index in [0.717, 1.165) is 10.4 Å². The van der Waals surface area contributed by atoms with Crippen molar-refractivity contribution in [2.24, 2.45) is 0 Å². The van der Waals surface area contributed by atoms with Gasteiger partial charge in [-0.05, 0) is 19.2 Å². The van der Waals surface area contributed by atoms with Gasteiger partial charge in [-0.3, -0.25) is 10.1 Å². The highest BCUT2D eigenvalue weighted by atomic mass is 32.2.